The molecule has 1 fully saturated rings. The van der Waals surface area contributed by atoms with Gasteiger partial charge in [0.1, 0.15) is 23.9 Å². The summed E-state index contributed by atoms with van der Waals surface area (Å²) in [5, 5.41) is 9.92. The Labute approximate surface area is 227 Å². The van der Waals surface area contributed by atoms with Gasteiger partial charge in [-0.1, -0.05) is 55.0 Å². The van der Waals surface area contributed by atoms with Crippen molar-refractivity contribution in [3.05, 3.63) is 89.5 Å². The molecule has 2 aliphatic heterocycles. The Morgan fingerprint density at radius 3 is 2.47 bits per heavy atom. The van der Waals surface area contributed by atoms with E-state index in [1.165, 1.54) is 43.5 Å². The zero-order valence-corrected chi connectivity index (χ0v) is 22.4. The van der Waals surface area contributed by atoms with Crippen LogP contribution in [-0.2, 0) is 32.7 Å². The maximum atomic E-state index is 9.92. The van der Waals surface area contributed by atoms with Crippen molar-refractivity contribution in [3.63, 3.8) is 0 Å². The quantitative estimate of drug-likeness (QED) is 0.427. The molecule has 173 valence electrons. The molecule has 5 heteroatoms. The van der Waals surface area contributed by atoms with Gasteiger partial charge in [0.15, 0.2) is 0 Å². The van der Waals surface area contributed by atoms with Crippen LogP contribution in [0.25, 0.3) is 11.6 Å². The predicted octanol–water partition coefficient (Wildman–Crippen LogP) is 5.97. The molecule has 3 aromatic carbocycles. The third-order valence-corrected chi connectivity index (χ3v) is 6.59. The van der Waals surface area contributed by atoms with Gasteiger partial charge in [0.2, 0.25) is 0 Å². The first-order valence-corrected chi connectivity index (χ1v) is 11.9. The van der Waals surface area contributed by atoms with Gasteiger partial charge in [-0.05, 0) is 66.9 Å². The van der Waals surface area contributed by atoms with E-state index in [0.29, 0.717) is 6.61 Å². The summed E-state index contributed by atoms with van der Waals surface area (Å²) in [7, 11) is 0. The number of phenols is 1. The first-order valence-electron chi connectivity index (χ1n) is 11.9. The van der Waals surface area contributed by atoms with Crippen molar-refractivity contribution in [2.45, 2.75) is 25.2 Å². The molecule has 5 rings (SSSR count). The van der Waals surface area contributed by atoms with Crippen LogP contribution in [0.1, 0.15) is 41.9 Å². The van der Waals surface area contributed by atoms with Crippen molar-refractivity contribution in [3.8, 4) is 17.2 Å². The second-order valence-electron chi connectivity index (χ2n) is 8.87. The molecule has 1 radical (unpaired) electrons. The molecule has 4 nitrogen and oxygen atoms in total. The summed E-state index contributed by atoms with van der Waals surface area (Å²) in [6.45, 7) is 4.66. The minimum Gasteiger partial charge on any atom is -0.508 e. The number of phenolic OH excluding ortho intramolecular Hbond substituents is 1. The van der Waals surface area contributed by atoms with Crippen LogP contribution in [-0.4, -0.2) is 42.9 Å². The molecule has 3 aromatic rings. The van der Waals surface area contributed by atoms with Gasteiger partial charge in [0.25, 0.3) is 0 Å². The van der Waals surface area contributed by atoms with E-state index in [9.17, 15) is 5.11 Å². The Bertz CT molecular complexity index is 1090. The van der Waals surface area contributed by atoms with Crippen LogP contribution in [0, 0.1) is 0 Å². The topological polar surface area (TPSA) is 41.9 Å². The number of hydrogen-bond donors (Lipinski definition) is 1. The van der Waals surface area contributed by atoms with Crippen LogP contribution in [0.2, 0.25) is 0 Å². The van der Waals surface area contributed by atoms with Crippen molar-refractivity contribution in [2.24, 2.45) is 0 Å². The fourth-order valence-electron chi connectivity index (χ4n) is 4.77. The molecule has 0 bridgehead atoms. The van der Waals surface area contributed by atoms with Gasteiger partial charge < -0.3 is 14.6 Å². The third kappa shape index (κ3) is 6.10. The SMILES string of the molecule is Oc1ccc2c(c1)OCC(c1ccccc1)/C2=C\c1ccc(OCCN2CCCCC2)cc1.[Y]. The number of hydrogen-bond acceptors (Lipinski definition) is 4. The monoisotopic (exact) mass is 530 g/mol. The van der Waals surface area contributed by atoms with Gasteiger partial charge in [-0.25, -0.2) is 0 Å². The van der Waals surface area contributed by atoms with Gasteiger partial charge in [-0.2, -0.15) is 0 Å². The Kier molecular flexibility index (Phi) is 8.82. The number of rotatable bonds is 6. The molecule has 1 unspecified atom stereocenters. The molecule has 0 amide bonds. The summed E-state index contributed by atoms with van der Waals surface area (Å²) in [5.41, 5.74) is 4.56. The summed E-state index contributed by atoms with van der Waals surface area (Å²) in [4.78, 5) is 2.49. The summed E-state index contributed by atoms with van der Waals surface area (Å²) < 4.78 is 12.0. The van der Waals surface area contributed by atoms with E-state index in [1.54, 1.807) is 12.1 Å². The molecule has 1 saturated heterocycles. The molecule has 1 N–H and O–H groups in total. The Morgan fingerprint density at radius 1 is 0.941 bits per heavy atom. The van der Waals surface area contributed by atoms with E-state index >= 15 is 0 Å². The van der Waals surface area contributed by atoms with Gasteiger partial charge in [-0.3, -0.25) is 4.90 Å². The Hall–Kier alpha value is -2.14. The number of benzene rings is 3. The molecule has 0 spiro atoms. The number of fused-ring (bicyclic) bond motifs is 1. The first-order chi connectivity index (χ1) is 16.3. The largest absolute Gasteiger partial charge is 0.508 e. The minimum absolute atomic E-state index is 0. The molecular weight excluding hydrogens is 499 g/mol. The molecule has 2 aliphatic rings. The van der Waals surface area contributed by atoms with E-state index in [4.69, 9.17) is 9.47 Å². The van der Waals surface area contributed by atoms with E-state index < -0.39 is 0 Å². The van der Waals surface area contributed by atoms with Crippen LogP contribution >= 0.6 is 0 Å². The maximum absolute atomic E-state index is 9.92. The van der Waals surface area contributed by atoms with E-state index in [-0.39, 0.29) is 44.4 Å². The standard InChI is InChI=1S/C29H31NO3.Y/c31-24-11-14-26-27(28(21-33-29(26)20-24)23-7-3-1-4-8-23)19-22-9-12-25(13-10-22)32-18-17-30-15-5-2-6-16-30;/h1,3-4,7-14,19-20,28,31H,2,5-6,15-18,21H2;/b27-19-;. The predicted molar refractivity (Wildman–Crippen MR) is 133 cm³/mol. The summed E-state index contributed by atoms with van der Waals surface area (Å²) in [6.07, 6.45) is 6.20. The van der Waals surface area contributed by atoms with Crippen molar-refractivity contribution in [1.29, 1.82) is 0 Å². The summed E-state index contributed by atoms with van der Waals surface area (Å²) >= 11 is 0. The second kappa shape index (κ2) is 12.0. The third-order valence-electron chi connectivity index (χ3n) is 6.59. The average molecular weight is 530 g/mol. The number of piperidine rings is 1. The molecule has 0 aromatic heterocycles. The number of ether oxygens (including phenoxy) is 2. The second-order valence-corrected chi connectivity index (χ2v) is 8.87. The van der Waals surface area contributed by atoms with Crippen molar-refractivity contribution < 1.29 is 47.3 Å². The van der Waals surface area contributed by atoms with Gasteiger partial charge in [0, 0.05) is 56.8 Å². The zero-order valence-electron chi connectivity index (χ0n) is 19.5. The van der Waals surface area contributed by atoms with Crippen LogP contribution in [0.5, 0.6) is 17.2 Å². The Morgan fingerprint density at radius 2 is 1.71 bits per heavy atom. The fourth-order valence-corrected chi connectivity index (χ4v) is 4.77. The van der Waals surface area contributed by atoms with E-state index in [0.717, 1.165) is 35.8 Å². The van der Waals surface area contributed by atoms with Gasteiger partial charge >= 0.3 is 0 Å². The van der Waals surface area contributed by atoms with Gasteiger partial charge in [-0.15, -0.1) is 0 Å². The number of aromatic hydroxyl groups is 1. The van der Waals surface area contributed by atoms with E-state index in [2.05, 4.69) is 59.5 Å². The van der Waals surface area contributed by atoms with Crippen molar-refractivity contribution in [1.82, 2.24) is 4.90 Å². The molecule has 34 heavy (non-hydrogen) atoms. The van der Waals surface area contributed by atoms with Crippen LogP contribution in [0.3, 0.4) is 0 Å². The first kappa shape index (κ1) is 25.0. The van der Waals surface area contributed by atoms with Gasteiger partial charge in [0.05, 0.1) is 6.61 Å². The normalized spacial score (nSPS) is 19.1. The van der Waals surface area contributed by atoms with Crippen LogP contribution in [0.15, 0.2) is 72.8 Å². The van der Waals surface area contributed by atoms with Crippen LogP contribution in [0.4, 0.5) is 0 Å². The average Bonchev–Trinajstić information content (AvgIpc) is 2.86. The van der Waals surface area contributed by atoms with Crippen molar-refractivity contribution >= 4 is 11.6 Å². The van der Waals surface area contributed by atoms with Crippen molar-refractivity contribution in [2.75, 3.05) is 32.8 Å². The molecule has 0 aliphatic carbocycles. The number of nitrogens with zero attached hydrogens (tertiary/aromatic N) is 1. The molecular formula is C29H31NO3Y. The van der Waals surface area contributed by atoms with E-state index in [1.807, 2.05) is 12.1 Å². The maximum Gasteiger partial charge on any atom is 0.130 e. The Balaban J connectivity index is 0.00000274. The number of likely N-dealkylation sites (tertiary alicyclic amines) is 1. The molecule has 2 heterocycles. The molecule has 0 saturated carbocycles. The minimum atomic E-state index is 0. The van der Waals surface area contributed by atoms with Crippen LogP contribution < -0.4 is 9.47 Å². The fraction of sp³-hybridized carbons (Fsp3) is 0.310. The smallest absolute Gasteiger partial charge is 0.130 e. The summed E-state index contributed by atoms with van der Waals surface area (Å²) in [6, 6.07) is 24.2. The summed E-state index contributed by atoms with van der Waals surface area (Å²) in [5.74, 6) is 1.98. The molecule has 1 atom stereocenters. The zero-order chi connectivity index (χ0) is 22.5.